The molecule has 6 nitrogen and oxygen atoms in total. The van der Waals surface area contributed by atoms with Crippen LogP contribution in [0.5, 0.6) is 11.8 Å². The van der Waals surface area contributed by atoms with Gasteiger partial charge in [-0.25, -0.2) is 14.8 Å². The van der Waals surface area contributed by atoms with E-state index in [9.17, 15) is 4.79 Å². The Hall–Kier alpha value is -2.63. The molecule has 0 bridgehead atoms. The van der Waals surface area contributed by atoms with Gasteiger partial charge in [-0.05, 0) is 43.2 Å². The number of nitrogens with one attached hydrogen (secondary N) is 2. The van der Waals surface area contributed by atoms with Crippen LogP contribution in [0.4, 0.5) is 10.5 Å². The van der Waals surface area contributed by atoms with Crippen molar-refractivity contribution in [1.82, 2.24) is 15.3 Å². The van der Waals surface area contributed by atoms with E-state index in [0.29, 0.717) is 11.8 Å². The predicted octanol–water partition coefficient (Wildman–Crippen LogP) is 4.50. The van der Waals surface area contributed by atoms with Crippen LogP contribution in [0.2, 0.25) is 0 Å². The van der Waals surface area contributed by atoms with E-state index >= 15 is 0 Å². The number of carbonyl (C=O) groups excluding carboxylic acids is 1. The van der Waals surface area contributed by atoms with E-state index in [0.717, 1.165) is 18.5 Å². The van der Waals surface area contributed by atoms with Crippen molar-refractivity contribution >= 4 is 11.7 Å². The van der Waals surface area contributed by atoms with Gasteiger partial charge in [-0.1, -0.05) is 32.1 Å². The first-order chi connectivity index (χ1) is 12.3. The van der Waals surface area contributed by atoms with Crippen molar-refractivity contribution in [2.24, 2.45) is 0 Å². The lowest BCUT2D eigenvalue weighted by Crippen LogP contribution is -2.38. The zero-order chi connectivity index (χ0) is 17.3. The highest BCUT2D eigenvalue weighted by molar-refractivity contribution is 5.89. The number of nitrogens with zero attached hydrogens (tertiary/aromatic N) is 2. The van der Waals surface area contributed by atoms with Crippen molar-refractivity contribution in [3.05, 3.63) is 42.7 Å². The SMILES string of the molecule is O=C(Nc1ccc(Oc2ncccn2)cc1)NC1CCCCCCC1. The topological polar surface area (TPSA) is 76.1 Å². The van der Waals surface area contributed by atoms with Gasteiger partial charge in [0.2, 0.25) is 0 Å². The fraction of sp³-hybridized carbons (Fsp3) is 0.421. The molecule has 3 rings (SSSR count). The summed E-state index contributed by atoms with van der Waals surface area (Å²) in [6, 6.07) is 9.32. The second-order valence-electron chi connectivity index (χ2n) is 6.30. The van der Waals surface area contributed by atoms with Gasteiger partial charge in [-0.2, -0.15) is 0 Å². The summed E-state index contributed by atoms with van der Waals surface area (Å²) in [5.41, 5.74) is 0.727. The molecule has 0 aliphatic heterocycles. The van der Waals surface area contributed by atoms with Gasteiger partial charge >= 0.3 is 12.0 Å². The number of amides is 2. The van der Waals surface area contributed by atoms with E-state index in [1.54, 1.807) is 42.7 Å². The Morgan fingerprint density at radius 2 is 1.60 bits per heavy atom. The van der Waals surface area contributed by atoms with Crippen LogP contribution in [0.15, 0.2) is 42.7 Å². The van der Waals surface area contributed by atoms with Crippen LogP contribution >= 0.6 is 0 Å². The highest BCUT2D eigenvalue weighted by atomic mass is 16.5. The molecule has 1 saturated carbocycles. The van der Waals surface area contributed by atoms with Gasteiger partial charge in [-0.3, -0.25) is 0 Å². The summed E-state index contributed by atoms with van der Waals surface area (Å²) in [7, 11) is 0. The molecule has 0 spiro atoms. The highest BCUT2D eigenvalue weighted by Gasteiger charge is 2.14. The maximum absolute atomic E-state index is 12.2. The van der Waals surface area contributed by atoms with Crippen LogP contribution in [-0.2, 0) is 0 Å². The molecule has 0 radical (unpaired) electrons. The van der Waals surface area contributed by atoms with Crippen molar-refractivity contribution in [2.75, 3.05) is 5.32 Å². The average molecular weight is 340 g/mol. The second kappa shape index (κ2) is 9.01. The molecular formula is C19H24N4O2. The Labute approximate surface area is 148 Å². The first kappa shape index (κ1) is 17.2. The predicted molar refractivity (Wildman–Crippen MR) is 96.8 cm³/mol. The molecule has 1 aliphatic carbocycles. The minimum Gasteiger partial charge on any atom is -0.424 e. The molecule has 2 aromatic rings. The number of carbonyl (C=O) groups is 1. The number of aromatic nitrogens is 2. The van der Waals surface area contributed by atoms with Gasteiger partial charge in [0.15, 0.2) is 0 Å². The van der Waals surface area contributed by atoms with E-state index in [1.165, 1.54) is 32.1 Å². The van der Waals surface area contributed by atoms with Crippen LogP contribution in [0.3, 0.4) is 0 Å². The van der Waals surface area contributed by atoms with Crippen molar-refractivity contribution in [3.8, 4) is 11.8 Å². The molecule has 25 heavy (non-hydrogen) atoms. The third-order valence-electron chi connectivity index (χ3n) is 4.30. The van der Waals surface area contributed by atoms with Crippen molar-refractivity contribution in [2.45, 2.75) is 51.0 Å². The summed E-state index contributed by atoms with van der Waals surface area (Å²) >= 11 is 0. The zero-order valence-corrected chi connectivity index (χ0v) is 14.3. The summed E-state index contributed by atoms with van der Waals surface area (Å²) in [6.07, 6.45) is 11.6. The van der Waals surface area contributed by atoms with Gasteiger partial charge in [0.25, 0.3) is 0 Å². The summed E-state index contributed by atoms with van der Waals surface area (Å²) in [5, 5.41) is 5.97. The molecule has 2 N–H and O–H groups in total. The smallest absolute Gasteiger partial charge is 0.321 e. The molecule has 0 unspecified atom stereocenters. The van der Waals surface area contributed by atoms with Crippen molar-refractivity contribution < 1.29 is 9.53 Å². The van der Waals surface area contributed by atoms with Gasteiger partial charge in [-0.15, -0.1) is 0 Å². The molecule has 1 aromatic heterocycles. The lowest BCUT2D eigenvalue weighted by Gasteiger charge is -2.21. The molecule has 1 heterocycles. The van der Waals surface area contributed by atoms with Crippen LogP contribution in [0, 0.1) is 0 Å². The van der Waals surface area contributed by atoms with Gasteiger partial charge < -0.3 is 15.4 Å². The minimum atomic E-state index is -0.148. The monoisotopic (exact) mass is 340 g/mol. The van der Waals surface area contributed by atoms with Crippen LogP contribution < -0.4 is 15.4 Å². The Morgan fingerprint density at radius 1 is 0.960 bits per heavy atom. The molecule has 0 atom stereocenters. The van der Waals surface area contributed by atoms with Crippen molar-refractivity contribution in [3.63, 3.8) is 0 Å². The summed E-state index contributed by atoms with van der Waals surface area (Å²) < 4.78 is 5.53. The van der Waals surface area contributed by atoms with E-state index < -0.39 is 0 Å². The summed E-state index contributed by atoms with van der Waals surface area (Å²) in [6.45, 7) is 0. The quantitative estimate of drug-likeness (QED) is 0.859. The number of hydrogen-bond donors (Lipinski definition) is 2. The molecule has 1 aromatic carbocycles. The fourth-order valence-electron chi connectivity index (χ4n) is 3.00. The molecule has 2 amide bonds. The zero-order valence-electron chi connectivity index (χ0n) is 14.3. The Balaban J connectivity index is 1.49. The average Bonchev–Trinajstić information content (AvgIpc) is 2.60. The van der Waals surface area contributed by atoms with E-state index in [1.807, 2.05) is 0 Å². The van der Waals surface area contributed by atoms with E-state index in [-0.39, 0.29) is 12.1 Å². The highest BCUT2D eigenvalue weighted by Crippen LogP contribution is 2.20. The van der Waals surface area contributed by atoms with Gasteiger partial charge in [0, 0.05) is 24.1 Å². The first-order valence-electron chi connectivity index (χ1n) is 8.92. The number of urea groups is 1. The third-order valence-corrected chi connectivity index (χ3v) is 4.30. The maximum Gasteiger partial charge on any atom is 0.321 e. The summed E-state index contributed by atoms with van der Waals surface area (Å²) in [5.74, 6) is 0.622. The number of anilines is 1. The molecule has 132 valence electrons. The third kappa shape index (κ3) is 5.74. The second-order valence-corrected chi connectivity index (χ2v) is 6.30. The largest absolute Gasteiger partial charge is 0.424 e. The molecule has 1 aliphatic rings. The van der Waals surface area contributed by atoms with E-state index in [2.05, 4.69) is 20.6 Å². The molecule has 1 fully saturated rings. The normalized spacial score (nSPS) is 15.7. The standard InChI is InChI=1S/C19H24N4O2/c24-18(22-15-7-4-2-1-3-5-8-15)23-16-9-11-17(12-10-16)25-19-20-13-6-14-21-19/h6,9-15H,1-5,7-8H2,(H2,22,23,24). The minimum absolute atomic E-state index is 0.148. The Kier molecular flexibility index (Phi) is 6.20. The molecular weight excluding hydrogens is 316 g/mol. The number of ether oxygens (including phenoxy) is 1. The van der Waals surface area contributed by atoms with E-state index in [4.69, 9.17) is 4.74 Å². The fourth-order valence-corrected chi connectivity index (χ4v) is 3.00. The maximum atomic E-state index is 12.2. The number of rotatable bonds is 4. The first-order valence-corrected chi connectivity index (χ1v) is 8.92. The lowest BCUT2D eigenvalue weighted by atomic mass is 9.97. The van der Waals surface area contributed by atoms with Crippen LogP contribution in [0.1, 0.15) is 44.9 Å². The lowest BCUT2D eigenvalue weighted by molar-refractivity contribution is 0.245. The Bertz CT molecular complexity index is 653. The molecule has 6 heteroatoms. The van der Waals surface area contributed by atoms with Gasteiger partial charge in [0.1, 0.15) is 5.75 Å². The Morgan fingerprint density at radius 3 is 2.28 bits per heavy atom. The van der Waals surface area contributed by atoms with Crippen LogP contribution in [0.25, 0.3) is 0 Å². The molecule has 0 saturated heterocycles. The number of benzene rings is 1. The summed E-state index contributed by atoms with van der Waals surface area (Å²) in [4.78, 5) is 20.2. The number of hydrogen-bond acceptors (Lipinski definition) is 4. The van der Waals surface area contributed by atoms with Gasteiger partial charge in [0.05, 0.1) is 0 Å². The van der Waals surface area contributed by atoms with Crippen molar-refractivity contribution in [1.29, 1.82) is 0 Å². The van der Waals surface area contributed by atoms with Crippen LogP contribution in [-0.4, -0.2) is 22.0 Å².